The van der Waals surface area contributed by atoms with E-state index in [-0.39, 0.29) is 17.9 Å². The van der Waals surface area contributed by atoms with Crippen LogP contribution in [-0.4, -0.2) is 52.7 Å². The van der Waals surface area contributed by atoms with Crippen LogP contribution >= 0.6 is 0 Å². The highest BCUT2D eigenvalue weighted by molar-refractivity contribution is 6.07. The fraction of sp³-hybridized carbons (Fsp3) is 0.296. The number of rotatable bonds is 4. The van der Waals surface area contributed by atoms with Crippen molar-refractivity contribution in [2.75, 3.05) is 18.4 Å². The largest absolute Gasteiger partial charge is 0.343 e. The van der Waals surface area contributed by atoms with E-state index < -0.39 is 43.3 Å². The summed E-state index contributed by atoms with van der Waals surface area (Å²) >= 11 is 0. The van der Waals surface area contributed by atoms with Gasteiger partial charge in [0.2, 0.25) is 11.8 Å². The van der Waals surface area contributed by atoms with Gasteiger partial charge >= 0.3 is 0 Å². The number of nitrogens with zero attached hydrogens (tertiary/aromatic N) is 3. The number of carbonyl (C=O) groups is 3. The van der Waals surface area contributed by atoms with Crippen LogP contribution in [-0.2, 0) is 16.0 Å². The van der Waals surface area contributed by atoms with Gasteiger partial charge in [-0.15, -0.1) is 0 Å². The smallest absolute Gasteiger partial charge is 0.265 e. The molecule has 1 fully saturated rings. The van der Waals surface area contributed by atoms with Gasteiger partial charge in [-0.05, 0) is 59.9 Å². The monoisotopic (exact) mass is 503 g/mol. The zero-order valence-corrected chi connectivity index (χ0v) is 19.8. The predicted octanol–water partition coefficient (Wildman–Crippen LogP) is 3.67. The Morgan fingerprint density at radius 3 is 2.76 bits per heavy atom. The Morgan fingerprint density at radius 1 is 1.16 bits per heavy atom. The maximum Gasteiger partial charge on any atom is 0.265 e. The van der Waals surface area contributed by atoms with Gasteiger partial charge in [0.25, 0.3) is 11.8 Å². The van der Waals surface area contributed by atoms with Crippen LogP contribution in [0.1, 0.15) is 35.2 Å². The second-order valence-corrected chi connectivity index (χ2v) is 9.25. The summed E-state index contributed by atoms with van der Waals surface area (Å²) in [6.45, 7) is -1.35. The van der Waals surface area contributed by atoms with Crippen LogP contribution in [0, 0.1) is 11.3 Å². The second kappa shape index (κ2) is 9.58. The van der Waals surface area contributed by atoms with Gasteiger partial charge in [-0.25, -0.2) is 8.78 Å². The van der Waals surface area contributed by atoms with Gasteiger partial charge in [0.1, 0.15) is 6.04 Å². The number of aromatic nitrogens is 1. The van der Waals surface area contributed by atoms with Crippen molar-refractivity contribution in [3.63, 3.8) is 0 Å². The Morgan fingerprint density at radius 2 is 1.95 bits per heavy atom. The average Bonchev–Trinajstić information content (AvgIpc) is 2.90. The molecule has 0 aliphatic carbocycles. The van der Waals surface area contributed by atoms with Gasteiger partial charge in [-0.2, -0.15) is 5.26 Å². The van der Waals surface area contributed by atoms with Crippen molar-refractivity contribution in [3.8, 4) is 17.2 Å². The summed E-state index contributed by atoms with van der Waals surface area (Å²) in [5, 5.41) is 15.2. The minimum atomic E-state index is -3.06. The lowest BCUT2D eigenvalue weighted by molar-refractivity contribution is -0.143. The highest BCUT2D eigenvalue weighted by atomic mass is 19.3. The summed E-state index contributed by atoms with van der Waals surface area (Å²) in [6, 6.07) is 13.7. The molecule has 37 heavy (non-hydrogen) atoms. The molecule has 8 nitrogen and oxygen atoms in total. The average molecular weight is 504 g/mol. The molecular formula is C27H23F2N5O3. The lowest BCUT2D eigenvalue weighted by atomic mass is 9.95. The zero-order valence-electron chi connectivity index (χ0n) is 19.8. The Kier molecular flexibility index (Phi) is 6.29. The summed E-state index contributed by atoms with van der Waals surface area (Å²) < 4.78 is 27.7. The number of piperidine rings is 1. The van der Waals surface area contributed by atoms with Crippen molar-refractivity contribution >= 4 is 34.3 Å². The molecule has 0 radical (unpaired) electrons. The molecule has 0 unspecified atom stereocenters. The molecule has 2 N–H and O–H groups in total. The number of benzene rings is 2. The molecule has 10 heteroatoms. The number of pyridine rings is 1. The van der Waals surface area contributed by atoms with Crippen LogP contribution in [0.2, 0.25) is 0 Å². The van der Waals surface area contributed by atoms with E-state index in [9.17, 15) is 28.4 Å². The van der Waals surface area contributed by atoms with E-state index in [1.165, 1.54) is 12.3 Å². The molecule has 1 atom stereocenters. The number of hydrogen-bond acceptors (Lipinski definition) is 5. The number of fused-ring (bicyclic) bond motifs is 2. The number of nitriles is 1. The Hall–Kier alpha value is -4.39. The van der Waals surface area contributed by atoms with Gasteiger partial charge in [-0.1, -0.05) is 12.1 Å². The molecule has 0 saturated carbocycles. The first kappa shape index (κ1) is 24.3. The number of halogens is 2. The lowest BCUT2D eigenvalue weighted by Gasteiger charge is -2.36. The van der Waals surface area contributed by atoms with Crippen LogP contribution in [0.4, 0.5) is 14.5 Å². The molecule has 3 aromatic rings. The number of alkyl halides is 2. The van der Waals surface area contributed by atoms with Crippen molar-refractivity contribution in [1.29, 1.82) is 5.26 Å². The summed E-state index contributed by atoms with van der Waals surface area (Å²) in [5.74, 6) is -4.36. The number of amides is 3. The van der Waals surface area contributed by atoms with Crippen molar-refractivity contribution in [1.82, 2.24) is 15.2 Å². The highest BCUT2D eigenvalue weighted by Gasteiger charge is 2.42. The number of carbonyl (C=O) groups excluding carboxylic acids is 3. The first-order chi connectivity index (χ1) is 17.7. The van der Waals surface area contributed by atoms with Crippen molar-refractivity contribution < 1.29 is 23.2 Å². The van der Waals surface area contributed by atoms with Crippen LogP contribution in [0.15, 0.2) is 48.7 Å². The first-order valence-electron chi connectivity index (χ1n) is 11.9. The predicted molar refractivity (Wildman–Crippen MR) is 132 cm³/mol. The molecule has 2 aliphatic rings. The lowest BCUT2D eigenvalue weighted by Crippen LogP contribution is -2.53. The van der Waals surface area contributed by atoms with Crippen molar-refractivity contribution in [2.24, 2.45) is 0 Å². The zero-order chi connectivity index (χ0) is 26.2. The van der Waals surface area contributed by atoms with E-state index in [4.69, 9.17) is 0 Å². The van der Waals surface area contributed by atoms with E-state index >= 15 is 0 Å². The number of likely N-dealkylation sites (tertiary alicyclic amines) is 1. The summed E-state index contributed by atoms with van der Waals surface area (Å²) in [6.07, 6.45) is 1.98. The van der Waals surface area contributed by atoms with E-state index in [1.54, 1.807) is 6.07 Å². The molecule has 0 bridgehead atoms. The second-order valence-electron chi connectivity index (χ2n) is 9.25. The molecule has 0 spiro atoms. The first-order valence-corrected chi connectivity index (χ1v) is 11.9. The third-order valence-corrected chi connectivity index (χ3v) is 6.75. The molecule has 2 aromatic carbocycles. The van der Waals surface area contributed by atoms with Crippen molar-refractivity contribution in [2.45, 2.75) is 37.6 Å². The topological polar surface area (TPSA) is 115 Å². The fourth-order valence-electron chi connectivity index (χ4n) is 4.78. The maximum absolute atomic E-state index is 13.8. The molecule has 188 valence electrons. The van der Waals surface area contributed by atoms with Gasteiger partial charge in [0, 0.05) is 30.1 Å². The van der Waals surface area contributed by atoms with Crippen LogP contribution < -0.4 is 10.6 Å². The van der Waals surface area contributed by atoms with Crippen LogP contribution in [0.5, 0.6) is 0 Å². The molecule has 3 amide bonds. The Balaban J connectivity index is 1.37. The molecule has 1 saturated heterocycles. The SMILES string of the molecule is N#C[C@@H]1CCC(F)(F)CN1C(=O)CNC(=O)c1ccnc2ccc(-c3ccc4c(c3)CCC(=O)N4)cc12. The van der Waals surface area contributed by atoms with Gasteiger partial charge < -0.3 is 15.5 Å². The Bertz CT molecular complexity index is 1470. The normalized spacial score (nSPS) is 18.5. The number of anilines is 1. The van der Waals surface area contributed by atoms with Crippen LogP contribution in [0.3, 0.4) is 0 Å². The minimum Gasteiger partial charge on any atom is -0.343 e. The van der Waals surface area contributed by atoms with Gasteiger partial charge in [-0.3, -0.25) is 19.4 Å². The Labute approximate surface area is 211 Å². The quantitative estimate of drug-likeness (QED) is 0.564. The molecule has 5 rings (SSSR count). The molecular weight excluding hydrogens is 480 g/mol. The fourth-order valence-corrected chi connectivity index (χ4v) is 4.78. The van der Waals surface area contributed by atoms with E-state index in [2.05, 4.69) is 15.6 Å². The van der Waals surface area contributed by atoms with Gasteiger partial charge in [0.05, 0.1) is 30.2 Å². The van der Waals surface area contributed by atoms with Crippen molar-refractivity contribution in [3.05, 3.63) is 59.8 Å². The van der Waals surface area contributed by atoms with Gasteiger partial charge in [0.15, 0.2) is 0 Å². The maximum atomic E-state index is 13.8. The summed E-state index contributed by atoms with van der Waals surface area (Å²) in [4.78, 5) is 42.5. The number of hydrogen-bond donors (Lipinski definition) is 2. The highest BCUT2D eigenvalue weighted by Crippen LogP contribution is 2.32. The number of nitrogens with one attached hydrogen (secondary N) is 2. The minimum absolute atomic E-state index is 0.0108. The summed E-state index contributed by atoms with van der Waals surface area (Å²) in [5.41, 5.74) is 4.43. The third kappa shape index (κ3) is 4.98. The third-order valence-electron chi connectivity index (χ3n) is 6.75. The summed E-state index contributed by atoms with van der Waals surface area (Å²) in [7, 11) is 0. The molecule has 1 aromatic heterocycles. The molecule has 2 aliphatic heterocycles. The molecule has 3 heterocycles. The van der Waals surface area contributed by atoms with E-state index in [1.807, 2.05) is 36.4 Å². The van der Waals surface area contributed by atoms with E-state index in [0.29, 0.717) is 23.7 Å². The standard InChI is InChI=1S/C27H23F2N5O3/c28-27(29)9-7-19(13-30)34(15-27)25(36)14-32-26(37)20-8-10-31-23-5-2-17(12-21(20)23)16-1-4-22-18(11-16)3-6-24(35)33-22/h1-2,4-5,8,10-12,19H,3,6-7,9,14-15H2,(H,32,37)(H,33,35)/t19-/m0/s1. The van der Waals surface area contributed by atoms with Crippen LogP contribution in [0.25, 0.3) is 22.0 Å². The van der Waals surface area contributed by atoms with E-state index in [0.717, 1.165) is 27.3 Å². The number of aryl methyl sites for hydroxylation is 1.